The maximum Gasteiger partial charge on any atom is 0.243 e. The summed E-state index contributed by atoms with van der Waals surface area (Å²) in [4.78, 5) is 7.36. The van der Waals surface area contributed by atoms with Crippen LogP contribution in [0, 0.1) is 5.92 Å². The molecule has 1 saturated heterocycles. The molecule has 8 heteroatoms. The Hall–Kier alpha value is -1.90. The van der Waals surface area contributed by atoms with Crippen molar-refractivity contribution in [2.45, 2.75) is 37.6 Å². The largest absolute Gasteiger partial charge is 0.356 e. The third-order valence-corrected chi connectivity index (χ3v) is 8.37. The van der Waals surface area contributed by atoms with E-state index in [0.717, 1.165) is 38.3 Å². The summed E-state index contributed by atoms with van der Waals surface area (Å²) in [6.45, 7) is 4.84. The van der Waals surface area contributed by atoms with Crippen molar-refractivity contribution in [1.29, 1.82) is 0 Å². The Bertz CT molecular complexity index is 902. The van der Waals surface area contributed by atoms with Crippen molar-refractivity contribution in [3.8, 4) is 0 Å². The van der Waals surface area contributed by atoms with Gasteiger partial charge in [-0.15, -0.1) is 11.3 Å². The van der Waals surface area contributed by atoms with Gasteiger partial charge in [0.05, 0.1) is 11.4 Å². The van der Waals surface area contributed by atoms with Crippen molar-refractivity contribution < 1.29 is 8.42 Å². The molecule has 1 aliphatic heterocycles. The van der Waals surface area contributed by atoms with E-state index in [-0.39, 0.29) is 0 Å². The minimum absolute atomic E-state index is 0.376. The second-order valence-corrected chi connectivity index (χ2v) is 10.4. The van der Waals surface area contributed by atoms with Crippen LogP contribution in [0.4, 0.5) is 0 Å². The number of aryl methyl sites for hydroxylation is 1. The molecule has 3 rings (SSSR count). The van der Waals surface area contributed by atoms with Gasteiger partial charge in [0, 0.05) is 36.4 Å². The van der Waals surface area contributed by atoms with Crippen molar-refractivity contribution in [3.05, 3.63) is 52.2 Å². The van der Waals surface area contributed by atoms with Gasteiger partial charge < -0.3 is 10.6 Å². The van der Waals surface area contributed by atoms with Crippen molar-refractivity contribution >= 4 is 27.3 Å². The Kier molecular flexibility index (Phi) is 7.69. The lowest BCUT2D eigenvalue weighted by Gasteiger charge is -2.31. The molecular weight excluding hydrogens is 404 g/mol. The number of hydrogen-bond donors (Lipinski definition) is 2. The van der Waals surface area contributed by atoms with Crippen LogP contribution >= 0.6 is 11.3 Å². The summed E-state index contributed by atoms with van der Waals surface area (Å²) in [6.07, 6.45) is 2.76. The molecule has 0 bridgehead atoms. The Balaban J connectivity index is 1.44. The van der Waals surface area contributed by atoms with E-state index >= 15 is 0 Å². The SMILES string of the molecule is CCc1ccc(CNC(=NC)NCC2CCN(S(=O)(=O)c3ccccc3)CC2)s1. The van der Waals surface area contributed by atoms with E-state index in [1.807, 2.05) is 17.4 Å². The zero-order chi connectivity index (χ0) is 20.7. The van der Waals surface area contributed by atoms with Crippen molar-refractivity contribution in [1.82, 2.24) is 14.9 Å². The molecule has 6 nitrogen and oxygen atoms in total. The van der Waals surface area contributed by atoms with Crippen molar-refractivity contribution in [2.75, 3.05) is 26.7 Å². The fourth-order valence-electron chi connectivity index (χ4n) is 3.44. The Morgan fingerprint density at radius 2 is 1.79 bits per heavy atom. The van der Waals surface area contributed by atoms with Crippen LogP contribution in [-0.4, -0.2) is 45.4 Å². The molecule has 1 fully saturated rings. The molecule has 2 heterocycles. The lowest BCUT2D eigenvalue weighted by molar-refractivity contribution is 0.273. The van der Waals surface area contributed by atoms with Gasteiger partial charge >= 0.3 is 0 Å². The number of rotatable bonds is 7. The minimum atomic E-state index is -3.38. The molecule has 2 N–H and O–H groups in total. The third-order valence-electron chi connectivity index (χ3n) is 5.23. The number of piperidine rings is 1. The van der Waals surface area contributed by atoms with E-state index in [0.29, 0.717) is 23.9 Å². The average molecular weight is 435 g/mol. The van der Waals surface area contributed by atoms with Crippen LogP contribution in [0.5, 0.6) is 0 Å². The highest BCUT2D eigenvalue weighted by atomic mass is 32.2. The summed E-state index contributed by atoms with van der Waals surface area (Å²) in [6, 6.07) is 13.0. The van der Waals surface area contributed by atoms with Gasteiger partial charge in [-0.25, -0.2) is 8.42 Å². The summed E-state index contributed by atoms with van der Waals surface area (Å²) in [5.74, 6) is 1.22. The van der Waals surface area contributed by atoms with E-state index in [2.05, 4.69) is 34.7 Å². The standard InChI is InChI=1S/C21H30N4O2S2/c1-3-18-9-10-19(28-18)16-24-21(22-2)23-15-17-11-13-25(14-12-17)29(26,27)20-7-5-4-6-8-20/h4-10,17H,3,11-16H2,1-2H3,(H2,22,23,24). The van der Waals surface area contributed by atoms with E-state index in [1.165, 1.54) is 9.75 Å². The molecule has 1 aromatic carbocycles. The molecule has 0 saturated carbocycles. The lowest BCUT2D eigenvalue weighted by Crippen LogP contribution is -2.43. The van der Waals surface area contributed by atoms with Crippen LogP contribution in [0.3, 0.4) is 0 Å². The first-order valence-corrected chi connectivity index (χ1v) is 12.4. The molecule has 0 atom stereocenters. The number of hydrogen-bond acceptors (Lipinski definition) is 4. The fraction of sp³-hybridized carbons (Fsp3) is 0.476. The average Bonchev–Trinajstić information content (AvgIpc) is 3.23. The van der Waals surface area contributed by atoms with E-state index in [4.69, 9.17) is 0 Å². The molecule has 2 aromatic rings. The number of nitrogens with zero attached hydrogens (tertiary/aromatic N) is 2. The number of benzene rings is 1. The molecular formula is C21H30N4O2S2. The van der Waals surface area contributed by atoms with Crippen LogP contribution in [0.1, 0.15) is 29.5 Å². The van der Waals surface area contributed by atoms with Crippen LogP contribution < -0.4 is 10.6 Å². The number of guanidine groups is 1. The number of thiophene rings is 1. The number of aliphatic imine (C=N–C) groups is 1. The van der Waals surface area contributed by atoms with Gasteiger partial charge in [-0.05, 0) is 49.4 Å². The third kappa shape index (κ3) is 5.81. The monoisotopic (exact) mass is 434 g/mol. The molecule has 158 valence electrons. The van der Waals surface area contributed by atoms with Crippen molar-refractivity contribution in [2.24, 2.45) is 10.9 Å². The second kappa shape index (κ2) is 10.2. The normalized spacial score (nSPS) is 16.7. The quantitative estimate of drug-likeness (QED) is 0.519. The predicted molar refractivity (Wildman–Crippen MR) is 120 cm³/mol. The first-order chi connectivity index (χ1) is 14.0. The molecule has 0 aliphatic carbocycles. The molecule has 29 heavy (non-hydrogen) atoms. The summed E-state index contributed by atoms with van der Waals surface area (Å²) in [5.41, 5.74) is 0. The Morgan fingerprint density at radius 3 is 2.41 bits per heavy atom. The summed E-state index contributed by atoms with van der Waals surface area (Å²) in [5, 5.41) is 6.75. The van der Waals surface area contributed by atoms with Gasteiger partial charge in [0.1, 0.15) is 0 Å². The zero-order valence-corrected chi connectivity index (χ0v) is 18.7. The highest BCUT2D eigenvalue weighted by Gasteiger charge is 2.29. The van der Waals surface area contributed by atoms with Gasteiger partial charge in [-0.1, -0.05) is 25.1 Å². The highest BCUT2D eigenvalue weighted by molar-refractivity contribution is 7.89. The first-order valence-electron chi connectivity index (χ1n) is 10.1. The summed E-state index contributed by atoms with van der Waals surface area (Å²) in [7, 11) is -1.61. The van der Waals surface area contributed by atoms with Gasteiger partial charge in [0.25, 0.3) is 0 Å². The van der Waals surface area contributed by atoms with Crippen LogP contribution in [0.2, 0.25) is 0 Å². The predicted octanol–water partition coefficient (Wildman–Crippen LogP) is 3.08. The molecule has 0 unspecified atom stereocenters. The Labute approximate surface area is 178 Å². The van der Waals surface area contributed by atoms with E-state index < -0.39 is 10.0 Å². The maximum atomic E-state index is 12.7. The molecule has 0 amide bonds. The van der Waals surface area contributed by atoms with E-state index in [9.17, 15) is 8.42 Å². The molecule has 1 aromatic heterocycles. The summed E-state index contributed by atoms with van der Waals surface area (Å²) >= 11 is 1.82. The topological polar surface area (TPSA) is 73.8 Å². The first kappa shape index (κ1) is 21.8. The summed E-state index contributed by atoms with van der Waals surface area (Å²) < 4.78 is 27.1. The van der Waals surface area contributed by atoms with Gasteiger partial charge in [-0.2, -0.15) is 4.31 Å². The molecule has 0 spiro atoms. The zero-order valence-electron chi connectivity index (χ0n) is 17.1. The van der Waals surface area contributed by atoms with Crippen molar-refractivity contribution in [3.63, 3.8) is 0 Å². The van der Waals surface area contributed by atoms with Crippen LogP contribution in [0.25, 0.3) is 0 Å². The number of sulfonamides is 1. The molecule has 0 radical (unpaired) electrons. The van der Waals surface area contributed by atoms with Crippen LogP contribution in [-0.2, 0) is 23.0 Å². The van der Waals surface area contributed by atoms with Gasteiger partial charge in [0.2, 0.25) is 10.0 Å². The van der Waals surface area contributed by atoms with Gasteiger partial charge in [0.15, 0.2) is 5.96 Å². The highest BCUT2D eigenvalue weighted by Crippen LogP contribution is 2.23. The Morgan fingerprint density at radius 1 is 1.10 bits per heavy atom. The molecule has 1 aliphatic rings. The van der Waals surface area contributed by atoms with Crippen LogP contribution in [0.15, 0.2) is 52.4 Å². The lowest BCUT2D eigenvalue weighted by atomic mass is 9.98. The van der Waals surface area contributed by atoms with Gasteiger partial charge in [-0.3, -0.25) is 4.99 Å². The fourth-order valence-corrected chi connectivity index (χ4v) is 5.82. The minimum Gasteiger partial charge on any atom is -0.356 e. The smallest absolute Gasteiger partial charge is 0.243 e. The van der Waals surface area contributed by atoms with E-state index in [1.54, 1.807) is 35.6 Å². The maximum absolute atomic E-state index is 12.7. The number of nitrogens with one attached hydrogen (secondary N) is 2. The second-order valence-electron chi connectivity index (χ2n) is 7.19.